The number of aryl methyl sites for hydroxylation is 1. The number of amides is 1. The molecule has 0 aliphatic heterocycles. The number of carbonyl (C=O) groups excluding carboxylic acids is 1. The van der Waals surface area contributed by atoms with Crippen molar-refractivity contribution in [3.8, 4) is 11.5 Å². The van der Waals surface area contributed by atoms with Crippen molar-refractivity contribution in [2.24, 2.45) is 0 Å². The molecule has 0 fully saturated rings. The molecule has 3 aromatic carbocycles. The number of sulfone groups is 1. The molecule has 0 bridgehead atoms. The first-order valence-electron chi connectivity index (χ1n) is 10.1. The van der Waals surface area contributed by atoms with Gasteiger partial charge in [0.2, 0.25) is 15.7 Å². The molecule has 0 saturated heterocycles. The van der Waals surface area contributed by atoms with E-state index in [0.29, 0.717) is 29.5 Å². The zero-order chi connectivity index (χ0) is 23.1. The van der Waals surface area contributed by atoms with Gasteiger partial charge < -0.3 is 20.1 Å². The first-order chi connectivity index (χ1) is 15.3. The predicted molar refractivity (Wildman–Crippen MR) is 124 cm³/mol. The van der Waals surface area contributed by atoms with Crippen LogP contribution in [-0.4, -0.2) is 34.6 Å². The zero-order valence-corrected chi connectivity index (χ0v) is 19.0. The molecule has 32 heavy (non-hydrogen) atoms. The summed E-state index contributed by atoms with van der Waals surface area (Å²) in [5, 5.41) is 5.70. The largest absolute Gasteiger partial charge is 0.497 e. The second-order valence-corrected chi connectivity index (χ2v) is 8.96. The molecule has 168 valence electrons. The summed E-state index contributed by atoms with van der Waals surface area (Å²) in [6.07, 6.45) is 0. The van der Waals surface area contributed by atoms with E-state index in [9.17, 15) is 13.2 Å². The average molecular weight is 455 g/mol. The van der Waals surface area contributed by atoms with Crippen molar-refractivity contribution in [1.82, 2.24) is 0 Å². The van der Waals surface area contributed by atoms with Gasteiger partial charge in [-0.2, -0.15) is 0 Å². The van der Waals surface area contributed by atoms with Crippen LogP contribution < -0.4 is 20.1 Å². The van der Waals surface area contributed by atoms with Crippen LogP contribution in [0.3, 0.4) is 0 Å². The standard InChI is InChI=1S/C24H26N2O5S/c1-4-31-20-11-14-22(23(15-20)32(28,29)21-12-5-17(2)6-13-21)25-16-24(27)26-18-7-9-19(30-3)10-8-18/h5-15,25H,4,16H2,1-3H3,(H,26,27). The van der Waals surface area contributed by atoms with E-state index in [1.165, 1.54) is 6.07 Å². The highest BCUT2D eigenvalue weighted by molar-refractivity contribution is 7.91. The quantitative estimate of drug-likeness (QED) is 0.501. The van der Waals surface area contributed by atoms with Crippen LogP contribution in [0.4, 0.5) is 11.4 Å². The highest BCUT2D eigenvalue weighted by Gasteiger charge is 2.23. The second kappa shape index (κ2) is 10.2. The van der Waals surface area contributed by atoms with Crippen molar-refractivity contribution in [1.29, 1.82) is 0 Å². The van der Waals surface area contributed by atoms with Crippen LogP contribution in [0.25, 0.3) is 0 Å². The summed E-state index contributed by atoms with van der Waals surface area (Å²) in [5.41, 5.74) is 1.89. The van der Waals surface area contributed by atoms with Gasteiger partial charge in [-0.1, -0.05) is 17.7 Å². The van der Waals surface area contributed by atoms with Crippen molar-refractivity contribution < 1.29 is 22.7 Å². The molecular weight excluding hydrogens is 428 g/mol. The van der Waals surface area contributed by atoms with Gasteiger partial charge in [-0.3, -0.25) is 4.79 Å². The molecule has 0 spiro atoms. The summed E-state index contributed by atoms with van der Waals surface area (Å²) < 4.78 is 37.2. The molecule has 0 aliphatic rings. The van der Waals surface area contributed by atoms with E-state index >= 15 is 0 Å². The summed E-state index contributed by atoms with van der Waals surface area (Å²) in [5.74, 6) is 0.802. The van der Waals surface area contributed by atoms with Crippen molar-refractivity contribution >= 4 is 27.1 Å². The van der Waals surface area contributed by atoms with Gasteiger partial charge in [0.25, 0.3) is 0 Å². The number of nitrogens with one attached hydrogen (secondary N) is 2. The monoisotopic (exact) mass is 454 g/mol. The van der Waals surface area contributed by atoms with Gasteiger partial charge in [0.1, 0.15) is 11.5 Å². The van der Waals surface area contributed by atoms with Crippen LogP contribution in [0.2, 0.25) is 0 Å². The Kier molecular flexibility index (Phi) is 7.37. The van der Waals surface area contributed by atoms with Crippen LogP contribution in [0.15, 0.2) is 76.5 Å². The third-order valence-electron chi connectivity index (χ3n) is 4.70. The van der Waals surface area contributed by atoms with Crippen molar-refractivity contribution in [2.75, 3.05) is 30.9 Å². The maximum atomic E-state index is 13.3. The van der Waals surface area contributed by atoms with Gasteiger partial charge in [0.15, 0.2) is 0 Å². The molecule has 0 saturated carbocycles. The lowest BCUT2D eigenvalue weighted by Gasteiger charge is -2.15. The van der Waals surface area contributed by atoms with E-state index in [4.69, 9.17) is 9.47 Å². The minimum Gasteiger partial charge on any atom is -0.497 e. The summed E-state index contributed by atoms with van der Waals surface area (Å²) in [6.45, 7) is 4.00. The smallest absolute Gasteiger partial charge is 0.243 e. The Bertz CT molecular complexity index is 1170. The lowest BCUT2D eigenvalue weighted by Crippen LogP contribution is -2.22. The van der Waals surface area contributed by atoms with Gasteiger partial charge in [0, 0.05) is 11.8 Å². The Hall–Kier alpha value is -3.52. The molecule has 1 amide bonds. The zero-order valence-electron chi connectivity index (χ0n) is 18.2. The Morgan fingerprint density at radius 2 is 1.59 bits per heavy atom. The molecule has 2 N–H and O–H groups in total. The van der Waals surface area contributed by atoms with Crippen molar-refractivity contribution in [3.05, 3.63) is 72.3 Å². The van der Waals surface area contributed by atoms with Gasteiger partial charge in [-0.05, 0) is 62.4 Å². The fourth-order valence-electron chi connectivity index (χ4n) is 3.03. The summed E-state index contributed by atoms with van der Waals surface area (Å²) in [7, 11) is -2.26. The van der Waals surface area contributed by atoms with Crippen molar-refractivity contribution in [2.45, 2.75) is 23.6 Å². The van der Waals surface area contributed by atoms with E-state index in [1.54, 1.807) is 67.8 Å². The highest BCUT2D eigenvalue weighted by Crippen LogP contribution is 2.31. The summed E-state index contributed by atoms with van der Waals surface area (Å²) in [4.78, 5) is 12.6. The van der Waals surface area contributed by atoms with Crippen molar-refractivity contribution in [3.63, 3.8) is 0 Å². The molecular formula is C24H26N2O5S. The third kappa shape index (κ3) is 5.59. The molecule has 0 radical (unpaired) electrons. The van der Waals surface area contributed by atoms with Crippen LogP contribution in [0.5, 0.6) is 11.5 Å². The number of methoxy groups -OCH3 is 1. The Morgan fingerprint density at radius 3 is 2.22 bits per heavy atom. The molecule has 0 aliphatic carbocycles. The van der Waals surface area contributed by atoms with Crippen LogP contribution in [0.1, 0.15) is 12.5 Å². The van der Waals surface area contributed by atoms with Crippen LogP contribution in [0, 0.1) is 6.92 Å². The van der Waals surface area contributed by atoms with E-state index < -0.39 is 9.84 Å². The van der Waals surface area contributed by atoms with Gasteiger partial charge in [-0.15, -0.1) is 0 Å². The fraction of sp³-hybridized carbons (Fsp3) is 0.208. The molecule has 0 atom stereocenters. The normalized spacial score (nSPS) is 11.0. The number of benzene rings is 3. The average Bonchev–Trinajstić information content (AvgIpc) is 2.79. The Morgan fingerprint density at radius 1 is 0.938 bits per heavy atom. The van der Waals surface area contributed by atoms with Gasteiger partial charge in [-0.25, -0.2) is 8.42 Å². The lowest BCUT2D eigenvalue weighted by molar-refractivity contribution is -0.114. The fourth-order valence-corrected chi connectivity index (χ4v) is 4.48. The maximum absolute atomic E-state index is 13.3. The van der Waals surface area contributed by atoms with E-state index in [0.717, 1.165) is 5.56 Å². The Balaban J connectivity index is 1.82. The summed E-state index contributed by atoms with van der Waals surface area (Å²) >= 11 is 0. The Labute approximate surface area is 188 Å². The van der Waals surface area contributed by atoms with E-state index in [2.05, 4.69) is 10.6 Å². The molecule has 7 nitrogen and oxygen atoms in total. The molecule has 3 aromatic rings. The topological polar surface area (TPSA) is 93.7 Å². The molecule has 3 rings (SSSR count). The second-order valence-electron chi connectivity index (χ2n) is 7.04. The number of ether oxygens (including phenoxy) is 2. The molecule has 8 heteroatoms. The SMILES string of the molecule is CCOc1ccc(NCC(=O)Nc2ccc(OC)cc2)c(S(=O)(=O)c2ccc(C)cc2)c1. The lowest BCUT2D eigenvalue weighted by atomic mass is 10.2. The predicted octanol–water partition coefficient (Wildman–Crippen LogP) is 4.29. The van der Waals surface area contributed by atoms with Crippen LogP contribution >= 0.6 is 0 Å². The maximum Gasteiger partial charge on any atom is 0.243 e. The molecule has 0 unspecified atom stereocenters. The molecule has 0 aromatic heterocycles. The van der Waals surface area contributed by atoms with Gasteiger partial charge >= 0.3 is 0 Å². The van der Waals surface area contributed by atoms with E-state index in [1.807, 2.05) is 13.8 Å². The number of anilines is 2. The third-order valence-corrected chi connectivity index (χ3v) is 6.51. The van der Waals surface area contributed by atoms with Gasteiger partial charge in [0.05, 0.1) is 35.7 Å². The first kappa shape index (κ1) is 23.1. The summed E-state index contributed by atoms with van der Waals surface area (Å²) in [6, 6.07) is 18.3. The minimum atomic E-state index is -3.83. The van der Waals surface area contributed by atoms with E-state index in [-0.39, 0.29) is 22.2 Å². The minimum absolute atomic E-state index is 0.0459. The number of rotatable bonds is 9. The number of hydrogen-bond acceptors (Lipinski definition) is 6. The molecule has 0 heterocycles. The number of hydrogen-bond donors (Lipinski definition) is 2. The number of carbonyl (C=O) groups is 1. The first-order valence-corrected chi connectivity index (χ1v) is 11.6. The highest BCUT2D eigenvalue weighted by atomic mass is 32.2. The van der Waals surface area contributed by atoms with Crippen LogP contribution in [-0.2, 0) is 14.6 Å².